The van der Waals surface area contributed by atoms with Crippen LogP contribution in [0.25, 0.3) is 0 Å². The summed E-state index contributed by atoms with van der Waals surface area (Å²) >= 11 is 3.23. The summed E-state index contributed by atoms with van der Waals surface area (Å²) in [6.07, 6.45) is 1.34. The second-order valence-corrected chi connectivity index (χ2v) is 4.62. The highest BCUT2D eigenvalue weighted by Crippen LogP contribution is 2.42. The molecule has 0 saturated heterocycles. The Morgan fingerprint density at radius 3 is 2.67 bits per heavy atom. The first-order valence-electron chi connectivity index (χ1n) is 4.62. The fourth-order valence-electron chi connectivity index (χ4n) is 1.33. The third-order valence-electron chi connectivity index (χ3n) is 2.35. The maximum atomic E-state index is 13.5. The molecule has 2 nitrogen and oxygen atoms in total. The molecule has 1 saturated carbocycles. The zero-order valence-electron chi connectivity index (χ0n) is 8.18. The standard InChI is InChI=1S/C11H9BrFNO/c1-7-4-8(12)10(9(13)5-7)15-11(6-14)2-3-11/h4-5H,2-3H2,1H3. The Balaban J connectivity index is 2.33. The van der Waals surface area contributed by atoms with E-state index in [1.54, 1.807) is 13.0 Å². The average molecular weight is 270 g/mol. The van der Waals surface area contributed by atoms with E-state index in [1.807, 2.05) is 0 Å². The predicted molar refractivity (Wildman–Crippen MR) is 57.0 cm³/mol. The molecular formula is C11H9BrFNO. The van der Waals surface area contributed by atoms with Crippen LogP contribution >= 0.6 is 15.9 Å². The normalized spacial score (nSPS) is 16.9. The topological polar surface area (TPSA) is 33.0 Å². The lowest BCUT2D eigenvalue weighted by atomic mass is 10.2. The SMILES string of the molecule is Cc1cc(F)c(OC2(C#N)CC2)c(Br)c1. The van der Waals surface area contributed by atoms with Crippen molar-refractivity contribution < 1.29 is 9.13 Å². The molecule has 0 radical (unpaired) electrons. The summed E-state index contributed by atoms with van der Waals surface area (Å²) in [5, 5.41) is 8.84. The molecule has 4 heteroatoms. The second-order valence-electron chi connectivity index (χ2n) is 3.77. The van der Waals surface area contributed by atoms with Crippen LogP contribution in [0.1, 0.15) is 18.4 Å². The fraction of sp³-hybridized carbons (Fsp3) is 0.364. The molecule has 78 valence electrons. The van der Waals surface area contributed by atoms with E-state index in [0.29, 0.717) is 17.3 Å². The van der Waals surface area contributed by atoms with Crippen molar-refractivity contribution in [1.82, 2.24) is 0 Å². The van der Waals surface area contributed by atoms with Crippen molar-refractivity contribution in [2.24, 2.45) is 0 Å². The molecule has 0 aliphatic heterocycles. The Morgan fingerprint density at radius 2 is 2.20 bits per heavy atom. The van der Waals surface area contributed by atoms with E-state index in [9.17, 15) is 4.39 Å². The van der Waals surface area contributed by atoms with Crippen LogP contribution in [0.15, 0.2) is 16.6 Å². The van der Waals surface area contributed by atoms with E-state index in [4.69, 9.17) is 10.00 Å². The molecule has 0 bridgehead atoms. The average Bonchev–Trinajstić information content (AvgIpc) is 2.92. The van der Waals surface area contributed by atoms with Crippen LogP contribution < -0.4 is 4.74 Å². The number of nitriles is 1. The summed E-state index contributed by atoms with van der Waals surface area (Å²) < 4.78 is 19.5. The third kappa shape index (κ3) is 1.98. The number of benzene rings is 1. The lowest BCUT2D eigenvalue weighted by Crippen LogP contribution is -2.16. The van der Waals surface area contributed by atoms with Crippen LogP contribution in [0.2, 0.25) is 0 Å². The minimum atomic E-state index is -0.793. The van der Waals surface area contributed by atoms with Gasteiger partial charge in [-0.15, -0.1) is 0 Å². The smallest absolute Gasteiger partial charge is 0.194 e. The highest BCUT2D eigenvalue weighted by atomic mass is 79.9. The van der Waals surface area contributed by atoms with Gasteiger partial charge in [0.1, 0.15) is 6.07 Å². The van der Waals surface area contributed by atoms with Gasteiger partial charge in [0, 0.05) is 12.8 Å². The molecule has 0 atom stereocenters. The van der Waals surface area contributed by atoms with Crippen molar-refractivity contribution in [1.29, 1.82) is 5.26 Å². The van der Waals surface area contributed by atoms with Crippen molar-refractivity contribution in [3.63, 3.8) is 0 Å². The molecule has 2 rings (SSSR count). The fourth-order valence-corrected chi connectivity index (χ4v) is 1.96. The molecule has 0 N–H and O–H groups in total. The van der Waals surface area contributed by atoms with Crippen molar-refractivity contribution >= 4 is 15.9 Å². The predicted octanol–water partition coefficient (Wildman–Crippen LogP) is 3.33. The molecule has 0 unspecified atom stereocenters. The number of nitrogens with zero attached hydrogens (tertiary/aromatic N) is 1. The Kier molecular flexibility index (Phi) is 2.43. The van der Waals surface area contributed by atoms with Gasteiger partial charge in [0.05, 0.1) is 4.47 Å². The van der Waals surface area contributed by atoms with E-state index >= 15 is 0 Å². The summed E-state index contributed by atoms with van der Waals surface area (Å²) in [6, 6.07) is 5.23. The lowest BCUT2D eigenvalue weighted by molar-refractivity contribution is 0.224. The van der Waals surface area contributed by atoms with Crippen molar-refractivity contribution in [3.05, 3.63) is 28.0 Å². The summed E-state index contributed by atoms with van der Waals surface area (Å²) in [4.78, 5) is 0. The van der Waals surface area contributed by atoms with E-state index in [2.05, 4.69) is 22.0 Å². The Labute approximate surface area is 95.8 Å². The number of aryl methyl sites for hydroxylation is 1. The number of rotatable bonds is 2. The van der Waals surface area contributed by atoms with Crippen molar-refractivity contribution in [2.45, 2.75) is 25.4 Å². The quantitative estimate of drug-likeness (QED) is 0.825. The van der Waals surface area contributed by atoms with Crippen LogP contribution in [0.3, 0.4) is 0 Å². The molecule has 1 aromatic carbocycles. The molecule has 0 heterocycles. The van der Waals surface area contributed by atoms with Gasteiger partial charge in [-0.25, -0.2) is 4.39 Å². The van der Waals surface area contributed by atoms with Crippen molar-refractivity contribution in [2.75, 3.05) is 0 Å². The summed E-state index contributed by atoms with van der Waals surface area (Å²) in [7, 11) is 0. The minimum absolute atomic E-state index is 0.139. The molecule has 1 aromatic rings. The van der Waals surface area contributed by atoms with Gasteiger partial charge in [0.15, 0.2) is 17.2 Å². The second kappa shape index (κ2) is 3.49. The van der Waals surface area contributed by atoms with Crippen LogP contribution in [0.4, 0.5) is 4.39 Å². The molecule has 0 aromatic heterocycles. The van der Waals surface area contributed by atoms with E-state index in [0.717, 1.165) is 5.56 Å². The maximum absolute atomic E-state index is 13.5. The van der Waals surface area contributed by atoms with Crippen LogP contribution in [0.5, 0.6) is 5.75 Å². The zero-order valence-corrected chi connectivity index (χ0v) is 9.77. The monoisotopic (exact) mass is 269 g/mol. The number of hydrogen-bond acceptors (Lipinski definition) is 2. The Bertz CT molecular complexity index is 425. The highest BCUT2D eigenvalue weighted by molar-refractivity contribution is 9.10. The van der Waals surface area contributed by atoms with Gasteiger partial charge >= 0.3 is 0 Å². The van der Waals surface area contributed by atoms with Gasteiger partial charge < -0.3 is 4.74 Å². The molecule has 1 aliphatic carbocycles. The van der Waals surface area contributed by atoms with Crippen LogP contribution in [-0.4, -0.2) is 5.60 Å². The molecule has 0 amide bonds. The number of hydrogen-bond donors (Lipinski definition) is 0. The van der Waals surface area contributed by atoms with Gasteiger partial charge in [-0.3, -0.25) is 0 Å². The summed E-state index contributed by atoms with van der Waals surface area (Å²) in [5.74, 6) is -0.289. The van der Waals surface area contributed by atoms with Gasteiger partial charge in [0.25, 0.3) is 0 Å². The highest BCUT2D eigenvalue weighted by Gasteiger charge is 2.47. The minimum Gasteiger partial charge on any atom is -0.468 e. The third-order valence-corrected chi connectivity index (χ3v) is 2.94. The van der Waals surface area contributed by atoms with Gasteiger partial charge in [-0.2, -0.15) is 5.26 Å². The molecule has 0 spiro atoms. The molecule has 1 aliphatic rings. The van der Waals surface area contributed by atoms with E-state index in [-0.39, 0.29) is 5.75 Å². The van der Waals surface area contributed by atoms with Crippen LogP contribution in [0, 0.1) is 24.1 Å². The van der Waals surface area contributed by atoms with Crippen LogP contribution in [-0.2, 0) is 0 Å². The maximum Gasteiger partial charge on any atom is 0.194 e. The van der Waals surface area contributed by atoms with E-state index < -0.39 is 11.4 Å². The molecular weight excluding hydrogens is 261 g/mol. The zero-order chi connectivity index (χ0) is 11.1. The first-order chi connectivity index (χ1) is 7.06. The van der Waals surface area contributed by atoms with E-state index in [1.165, 1.54) is 6.07 Å². The van der Waals surface area contributed by atoms with Crippen molar-refractivity contribution in [3.8, 4) is 11.8 Å². The van der Waals surface area contributed by atoms with Gasteiger partial charge in [-0.1, -0.05) is 0 Å². The number of ether oxygens (including phenoxy) is 1. The van der Waals surface area contributed by atoms with Gasteiger partial charge in [-0.05, 0) is 40.5 Å². The summed E-state index contributed by atoms with van der Waals surface area (Å²) in [6.45, 7) is 1.80. The Morgan fingerprint density at radius 1 is 1.53 bits per heavy atom. The first kappa shape index (κ1) is 10.4. The Hall–Kier alpha value is -1.08. The molecule has 1 fully saturated rings. The number of halogens is 2. The molecule has 15 heavy (non-hydrogen) atoms. The first-order valence-corrected chi connectivity index (χ1v) is 5.41. The lowest BCUT2D eigenvalue weighted by Gasteiger charge is -2.13. The van der Waals surface area contributed by atoms with Gasteiger partial charge in [0.2, 0.25) is 0 Å². The summed E-state index contributed by atoms with van der Waals surface area (Å²) in [5.41, 5.74) is 0.0204. The largest absolute Gasteiger partial charge is 0.468 e.